The highest BCUT2D eigenvalue weighted by Gasteiger charge is 2.36. The number of rotatable bonds is 7. The molecule has 3 aromatic rings. The van der Waals surface area contributed by atoms with Crippen molar-refractivity contribution in [3.8, 4) is 11.5 Å². The molecule has 0 N–H and O–H groups in total. The van der Waals surface area contributed by atoms with E-state index in [0.29, 0.717) is 18.0 Å². The number of methoxy groups -OCH3 is 1. The van der Waals surface area contributed by atoms with E-state index in [2.05, 4.69) is 0 Å². The van der Waals surface area contributed by atoms with E-state index in [4.69, 9.17) is 9.47 Å². The van der Waals surface area contributed by atoms with Gasteiger partial charge >= 0.3 is 0 Å². The molecule has 1 aliphatic rings. The molecular formula is C28H31FN2O4S. The summed E-state index contributed by atoms with van der Waals surface area (Å²) in [4.78, 5) is 31.5. The number of benzene rings is 2. The summed E-state index contributed by atoms with van der Waals surface area (Å²) in [7, 11) is 1.59. The number of thiophene rings is 1. The van der Waals surface area contributed by atoms with Crippen LogP contribution >= 0.6 is 11.3 Å². The number of nitrogens with zero attached hydrogens (tertiary/aromatic N) is 2. The molecule has 4 rings (SSSR count). The Labute approximate surface area is 215 Å². The van der Waals surface area contributed by atoms with Gasteiger partial charge in [-0.05, 0) is 68.5 Å². The van der Waals surface area contributed by atoms with Gasteiger partial charge in [-0.1, -0.05) is 24.3 Å². The summed E-state index contributed by atoms with van der Waals surface area (Å²) >= 11 is 1.67. The molecule has 0 saturated heterocycles. The second-order valence-corrected chi connectivity index (χ2v) is 10.7. The normalized spacial score (nSPS) is 15.2. The first kappa shape index (κ1) is 25.7. The lowest BCUT2D eigenvalue weighted by Gasteiger charge is -2.40. The van der Waals surface area contributed by atoms with Crippen molar-refractivity contribution in [1.29, 1.82) is 0 Å². The largest absolute Gasteiger partial charge is 0.493 e. The van der Waals surface area contributed by atoms with Crippen molar-refractivity contribution in [3.63, 3.8) is 0 Å². The summed E-state index contributed by atoms with van der Waals surface area (Å²) in [5.74, 6) is -0.107. The monoisotopic (exact) mass is 510 g/mol. The van der Waals surface area contributed by atoms with E-state index in [1.165, 1.54) is 28.0 Å². The third-order valence-corrected chi connectivity index (χ3v) is 7.33. The number of carbonyl (C=O) groups excluding carboxylic acids is 2. The molecule has 36 heavy (non-hydrogen) atoms. The van der Waals surface area contributed by atoms with Crippen LogP contribution in [0.1, 0.15) is 47.6 Å². The van der Waals surface area contributed by atoms with Crippen LogP contribution in [0, 0.1) is 5.82 Å². The second kappa shape index (κ2) is 10.7. The van der Waals surface area contributed by atoms with Gasteiger partial charge in [0.05, 0.1) is 18.7 Å². The van der Waals surface area contributed by atoms with E-state index in [1.54, 1.807) is 29.4 Å². The topological polar surface area (TPSA) is 59.1 Å². The van der Waals surface area contributed by atoms with Crippen LogP contribution in [0.2, 0.25) is 0 Å². The number of halogens is 1. The van der Waals surface area contributed by atoms with Gasteiger partial charge in [-0.3, -0.25) is 9.59 Å². The van der Waals surface area contributed by atoms with Gasteiger partial charge in [0.1, 0.15) is 19.0 Å². The maximum absolute atomic E-state index is 14.4. The van der Waals surface area contributed by atoms with Gasteiger partial charge < -0.3 is 19.3 Å². The van der Waals surface area contributed by atoms with Crippen molar-refractivity contribution in [1.82, 2.24) is 9.80 Å². The molecule has 0 bridgehead atoms. The SMILES string of the molecule is COc1ccccc1OC[C@@H]1c2ccsc2CCN1C(=O)CN(C(=O)c1ccccc1F)C(C)(C)C. The number of para-hydroxylation sites is 2. The van der Waals surface area contributed by atoms with Crippen molar-refractivity contribution >= 4 is 23.2 Å². The van der Waals surface area contributed by atoms with Crippen LogP contribution in [0.4, 0.5) is 4.39 Å². The third kappa shape index (κ3) is 5.38. The van der Waals surface area contributed by atoms with Crippen LogP contribution in [0.3, 0.4) is 0 Å². The first-order chi connectivity index (χ1) is 17.2. The van der Waals surface area contributed by atoms with E-state index < -0.39 is 17.3 Å². The van der Waals surface area contributed by atoms with E-state index in [-0.39, 0.29) is 30.7 Å². The lowest BCUT2D eigenvalue weighted by Crippen LogP contribution is -2.53. The molecule has 0 radical (unpaired) electrons. The molecule has 190 valence electrons. The molecule has 1 aromatic heterocycles. The standard InChI is InChI=1S/C28H31FN2O4S/c1-28(2,3)31(27(33)19-9-5-6-10-21(19)29)17-26(32)30-15-13-25-20(14-16-36-25)22(30)18-35-24-12-8-7-11-23(24)34-4/h5-12,14,16,22H,13,15,17-18H2,1-4H3/t22-/m1/s1. The van der Waals surface area contributed by atoms with Gasteiger partial charge in [0, 0.05) is 17.0 Å². The Morgan fingerprint density at radius 2 is 1.78 bits per heavy atom. The highest BCUT2D eigenvalue weighted by Crippen LogP contribution is 2.35. The molecule has 1 atom stereocenters. The third-order valence-electron chi connectivity index (χ3n) is 6.33. The van der Waals surface area contributed by atoms with Gasteiger partial charge in [0.25, 0.3) is 5.91 Å². The molecule has 0 saturated carbocycles. The first-order valence-electron chi connectivity index (χ1n) is 11.9. The minimum Gasteiger partial charge on any atom is -0.493 e. The Bertz CT molecular complexity index is 1240. The summed E-state index contributed by atoms with van der Waals surface area (Å²) in [6, 6.07) is 15.0. The van der Waals surface area contributed by atoms with Gasteiger partial charge in [-0.25, -0.2) is 4.39 Å². The summed E-state index contributed by atoms with van der Waals surface area (Å²) in [6.07, 6.45) is 0.737. The zero-order valence-electron chi connectivity index (χ0n) is 21.0. The highest BCUT2D eigenvalue weighted by atomic mass is 32.1. The van der Waals surface area contributed by atoms with E-state index in [9.17, 15) is 14.0 Å². The molecule has 8 heteroatoms. The van der Waals surface area contributed by atoms with Gasteiger partial charge in [0.2, 0.25) is 5.91 Å². The maximum Gasteiger partial charge on any atom is 0.257 e. The smallest absolute Gasteiger partial charge is 0.257 e. The molecule has 0 spiro atoms. The molecular weight excluding hydrogens is 479 g/mol. The van der Waals surface area contributed by atoms with Crippen LogP contribution in [0.25, 0.3) is 0 Å². The first-order valence-corrected chi connectivity index (χ1v) is 12.8. The van der Waals surface area contributed by atoms with Crippen LogP contribution in [0.15, 0.2) is 60.0 Å². The van der Waals surface area contributed by atoms with Crippen molar-refractivity contribution in [2.24, 2.45) is 0 Å². The fourth-order valence-electron chi connectivity index (χ4n) is 4.40. The average molecular weight is 511 g/mol. The molecule has 2 aromatic carbocycles. The quantitative estimate of drug-likeness (QED) is 0.431. The van der Waals surface area contributed by atoms with Crippen LogP contribution in [0.5, 0.6) is 11.5 Å². The summed E-state index contributed by atoms with van der Waals surface area (Å²) in [5.41, 5.74) is 0.314. The number of hydrogen-bond donors (Lipinski definition) is 0. The number of amides is 2. The number of ether oxygens (including phenoxy) is 2. The van der Waals surface area contributed by atoms with E-state index in [1.807, 2.05) is 56.5 Å². The summed E-state index contributed by atoms with van der Waals surface area (Å²) in [6.45, 7) is 6.11. The molecule has 6 nitrogen and oxygen atoms in total. The Balaban J connectivity index is 1.58. The summed E-state index contributed by atoms with van der Waals surface area (Å²) < 4.78 is 26.0. The molecule has 2 amide bonds. The zero-order chi connectivity index (χ0) is 25.9. The van der Waals surface area contributed by atoms with Gasteiger partial charge in [-0.2, -0.15) is 0 Å². The second-order valence-electron chi connectivity index (χ2n) is 9.66. The minimum absolute atomic E-state index is 0.0463. The lowest BCUT2D eigenvalue weighted by atomic mass is 9.99. The predicted molar refractivity (Wildman–Crippen MR) is 138 cm³/mol. The Kier molecular flexibility index (Phi) is 7.64. The van der Waals surface area contributed by atoms with Crippen molar-refractivity contribution in [3.05, 3.63) is 81.8 Å². The number of carbonyl (C=O) groups is 2. The zero-order valence-corrected chi connectivity index (χ0v) is 21.8. The molecule has 1 aliphatic heterocycles. The van der Waals surface area contributed by atoms with Gasteiger partial charge in [0.15, 0.2) is 11.5 Å². The Morgan fingerprint density at radius 1 is 1.08 bits per heavy atom. The van der Waals surface area contributed by atoms with Gasteiger partial charge in [-0.15, -0.1) is 11.3 Å². The molecule has 0 fully saturated rings. The predicted octanol–water partition coefficient (Wildman–Crippen LogP) is 5.34. The average Bonchev–Trinajstić information content (AvgIpc) is 3.34. The molecule has 0 unspecified atom stereocenters. The van der Waals surface area contributed by atoms with Crippen LogP contribution < -0.4 is 9.47 Å². The van der Waals surface area contributed by atoms with Crippen molar-refractivity contribution < 1.29 is 23.5 Å². The molecule has 0 aliphatic carbocycles. The summed E-state index contributed by atoms with van der Waals surface area (Å²) in [5, 5.41) is 2.03. The highest BCUT2D eigenvalue weighted by molar-refractivity contribution is 7.10. The number of hydrogen-bond acceptors (Lipinski definition) is 5. The van der Waals surface area contributed by atoms with E-state index in [0.717, 1.165) is 12.0 Å². The van der Waals surface area contributed by atoms with Crippen LogP contribution in [-0.4, -0.2) is 54.0 Å². The van der Waals surface area contributed by atoms with Crippen molar-refractivity contribution in [2.75, 3.05) is 26.8 Å². The lowest BCUT2D eigenvalue weighted by molar-refractivity contribution is -0.136. The molecule has 2 heterocycles. The van der Waals surface area contributed by atoms with Crippen molar-refractivity contribution in [2.45, 2.75) is 38.8 Å². The van der Waals surface area contributed by atoms with E-state index >= 15 is 0 Å². The fraction of sp³-hybridized carbons (Fsp3) is 0.357. The van der Waals surface area contributed by atoms with Crippen LogP contribution in [-0.2, 0) is 11.2 Å². The number of fused-ring (bicyclic) bond motifs is 1. The Morgan fingerprint density at radius 3 is 2.47 bits per heavy atom. The Hall–Kier alpha value is -3.39. The minimum atomic E-state index is -0.693. The maximum atomic E-state index is 14.4. The fourth-order valence-corrected chi connectivity index (χ4v) is 5.33.